The first-order valence-electron chi connectivity index (χ1n) is 12.4. The summed E-state index contributed by atoms with van der Waals surface area (Å²) < 4.78 is 12.0. The molecular weight excluding hydrogens is 634 g/mol. The first-order chi connectivity index (χ1) is 19.6. The predicted octanol–water partition coefficient (Wildman–Crippen LogP) is 6.50. The fourth-order valence-electron chi connectivity index (χ4n) is 3.69. The lowest BCUT2D eigenvalue weighted by Gasteiger charge is -2.14. The largest absolute Gasteiger partial charge is 0.490 e. The third-order valence-electron chi connectivity index (χ3n) is 5.67. The van der Waals surface area contributed by atoms with E-state index in [1.165, 1.54) is 6.08 Å². The number of nitrogens with zero attached hydrogens (tertiary/aromatic N) is 1. The maximum absolute atomic E-state index is 13.0. The van der Waals surface area contributed by atoms with Gasteiger partial charge in [0.2, 0.25) is 5.91 Å². The molecule has 0 aromatic heterocycles. The molecule has 3 aromatic carbocycles. The molecule has 0 saturated carbocycles. The average molecular weight is 659 g/mol. The van der Waals surface area contributed by atoms with Crippen molar-refractivity contribution in [3.63, 3.8) is 0 Å². The molecule has 0 aliphatic carbocycles. The number of hydrogen-bond acceptors (Lipinski definition) is 7. The second-order valence-electron chi connectivity index (χ2n) is 8.75. The molecule has 41 heavy (non-hydrogen) atoms. The number of para-hydroxylation sites is 1. The number of thioether (sulfide) groups is 1. The van der Waals surface area contributed by atoms with Gasteiger partial charge in [-0.3, -0.25) is 24.1 Å². The van der Waals surface area contributed by atoms with Crippen molar-refractivity contribution >= 4 is 79.7 Å². The molecule has 2 N–H and O–H groups in total. The first-order valence-corrected chi connectivity index (χ1v) is 14.4. The molecular formula is C29H25BrClN3O6S. The topological polar surface area (TPSA) is 114 Å². The van der Waals surface area contributed by atoms with Crippen LogP contribution in [0.5, 0.6) is 11.5 Å². The number of imide groups is 1. The number of nitrogens with one attached hydrogen (secondary N) is 2. The Balaban J connectivity index is 1.45. The van der Waals surface area contributed by atoms with E-state index in [1.54, 1.807) is 55.5 Å². The van der Waals surface area contributed by atoms with Gasteiger partial charge in [-0.2, -0.15) is 0 Å². The lowest BCUT2D eigenvalue weighted by Crippen LogP contribution is -2.36. The molecule has 1 fully saturated rings. The highest BCUT2D eigenvalue weighted by Crippen LogP contribution is 2.38. The Kier molecular flexibility index (Phi) is 10.1. The van der Waals surface area contributed by atoms with E-state index in [2.05, 4.69) is 26.6 Å². The molecule has 1 aliphatic rings. The molecule has 212 valence electrons. The number of amides is 4. The summed E-state index contributed by atoms with van der Waals surface area (Å²) >= 11 is 10.3. The van der Waals surface area contributed by atoms with Crippen LogP contribution in [-0.2, 0) is 14.4 Å². The van der Waals surface area contributed by atoms with Crippen LogP contribution in [0.2, 0.25) is 5.02 Å². The Bertz CT molecular complexity index is 1530. The summed E-state index contributed by atoms with van der Waals surface area (Å²) in [6, 6.07) is 17.3. The minimum atomic E-state index is -0.604. The number of rotatable bonds is 10. The molecule has 12 heteroatoms. The van der Waals surface area contributed by atoms with E-state index in [0.717, 1.165) is 22.2 Å². The quantitative estimate of drug-likeness (QED) is 0.239. The lowest BCUT2D eigenvalue weighted by atomic mass is 10.1. The summed E-state index contributed by atoms with van der Waals surface area (Å²) in [6.45, 7) is 3.36. The van der Waals surface area contributed by atoms with Gasteiger partial charge in [0.15, 0.2) is 18.1 Å². The number of carbonyl (C=O) groups excluding carboxylic acids is 4. The molecule has 9 nitrogen and oxygen atoms in total. The van der Waals surface area contributed by atoms with Crippen molar-refractivity contribution in [1.82, 2.24) is 4.90 Å². The summed E-state index contributed by atoms with van der Waals surface area (Å²) in [5, 5.41) is 5.14. The van der Waals surface area contributed by atoms with Gasteiger partial charge in [0.25, 0.3) is 17.1 Å². The normalized spacial score (nSPS) is 13.9. The molecule has 1 saturated heterocycles. The van der Waals surface area contributed by atoms with Crippen LogP contribution in [0.15, 0.2) is 70.0 Å². The number of ether oxygens (including phenoxy) is 2. The monoisotopic (exact) mass is 657 g/mol. The van der Waals surface area contributed by atoms with Crippen LogP contribution in [-0.4, -0.2) is 47.6 Å². The van der Waals surface area contributed by atoms with Gasteiger partial charge in [0, 0.05) is 10.2 Å². The molecule has 0 spiro atoms. The number of carbonyl (C=O) groups is 4. The van der Waals surface area contributed by atoms with E-state index in [1.807, 2.05) is 19.1 Å². The van der Waals surface area contributed by atoms with E-state index in [9.17, 15) is 19.2 Å². The zero-order chi connectivity index (χ0) is 29.5. The Morgan fingerprint density at radius 1 is 1.00 bits per heavy atom. The molecule has 3 aromatic rings. The molecule has 0 atom stereocenters. The van der Waals surface area contributed by atoms with Gasteiger partial charge in [-0.15, -0.1) is 0 Å². The molecule has 1 heterocycles. The van der Waals surface area contributed by atoms with Crippen molar-refractivity contribution in [2.75, 3.05) is 30.4 Å². The minimum Gasteiger partial charge on any atom is -0.490 e. The highest BCUT2D eigenvalue weighted by molar-refractivity contribution is 9.10. The summed E-state index contributed by atoms with van der Waals surface area (Å²) in [4.78, 5) is 51.5. The summed E-state index contributed by atoms with van der Waals surface area (Å²) in [5.41, 5.74) is 2.65. The van der Waals surface area contributed by atoms with Crippen molar-refractivity contribution in [2.45, 2.75) is 13.8 Å². The number of benzene rings is 3. The van der Waals surface area contributed by atoms with Gasteiger partial charge in [-0.25, -0.2) is 0 Å². The predicted molar refractivity (Wildman–Crippen MR) is 163 cm³/mol. The van der Waals surface area contributed by atoms with Gasteiger partial charge in [0.05, 0.1) is 22.2 Å². The second kappa shape index (κ2) is 13.7. The maximum Gasteiger partial charge on any atom is 0.294 e. The van der Waals surface area contributed by atoms with E-state index < -0.39 is 23.6 Å². The highest BCUT2D eigenvalue weighted by atomic mass is 79.9. The average Bonchev–Trinajstić information content (AvgIpc) is 3.19. The SMILES string of the molecule is CCOc1cc(/C=C2/SC(=O)N(CC(=O)Nc3ccccc3Cl)C2=O)c(Br)cc1OCC(=O)Nc1ccc(C)cc1. The van der Waals surface area contributed by atoms with Crippen molar-refractivity contribution in [3.8, 4) is 11.5 Å². The van der Waals surface area contributed by atoms with Crippen molar-refractivity contribution in [2.24, 2.45) is 0 Å². The van der Waals surface area contributed by atoms with Crippen LogP contribution in [0, 0.1) is 6.92 Å². The number of anilines is 2. The van der Waals surface area contributed by atoms with E-state index >= 15 is 0 Å². The molecule has 0 bridgehead atoms. The molecule has 4 amide bonds. The Labute approximate surface area is 254 Å². The van der Waals surface area contributed by atoms with Gasteiger partial charge in [-0.05, 0) is 73.6 Å². The minimum absolute atomic E-state index is 0.134. The summed E-state index contributed by atoms with van der Waals surface area (Å²) in [5.74, 6) is -0.840. The second-order valence-corrected chi connectivity index (χ2v) is 11.0. The summed E-state index contributed by atoms with van der Waals surface area (Å²) in [7, 11) is 0. The lowest BCUT2D eigenvalue weighted by molar-refractivity contribution is -0.127. The third-order valence-corrected chi connectivity index (χ3v) is 7.59. The Morgan fingerprint density at radius 2 is 1.71 bits per heavy atom. The number of halogens is 2. The van der Waals surface area contributed by atoms with Crippen molar-refractivity contribution in [3.05, 3.63) is 86.2 Å². The van der Waals surface area contributed by atoms with Crippen LogP contribution in [0.4, 0.5) is 16.2 Å². The van der Waals surface area contributed by atoms with E-state index in [0.29, 0.717) is 44.5 Å². The Hall–Kier alpha value is -3.80. The van der Waals surface area contributed by atoms with Crippen LogP contribution < -0.4 is 20.1 Å². The number of aryl methyl sites for hydroxylation is 1. The van der Waals surface area contributed by atoms with Crippen molar-refractivity contribution in [1.29, 1.82) is 0 Å². The fraction of sp³-hybridized carbons (Fsp3) is 0.172. The van der Waals surface area contributed by atoms with Gasteiger partial charge in [-0.1, -0.05) is 57.4 Å². The summed E-state index contributed by atoms with van der Waals surface area (Å²) in [6.07, 6.45) is 1.53. The zero-order valence-corrected chi connectivity index (χ0v) is 25.2. The standard InChI is InChI=1S/C29H25BrClN3O6S/c1-3-39-23-12-18(20(30)14-24(23)40-16-27(36)32-19-10-8-17(2)9-11-19)13-25-28(37)34(29(38)41-25)15-26(35)33-22-7-5-4-6-21(22)31/h4-14H,3,15-16H2,1-2H3,(H,32,36)(H,33,35)/b25-13+. The fourth-order valence-corrected chi connectivity index (χ4v) is 5.14. The van der Waals surface area contributed by atoms with Crippen LogP contribution in [0.3, 0.4) is 0 Å². The highest BCUT2D eigenvalue weighted by Gasteiger charge is 2.36. The Morgan fingerprint density at radius 3 is 2.41 bits per heavy atom. The van der Waals surface area contributed by atoms with Crippen molar-refractivity contribution < 1.29 is 28.7 Å². The van der Waals surface area contributed by atoms with Crippen LogP contribution in [0.25, 0.3) is 6.08 Å². The molecule has 1 aliphatic heterocycles. The first kappa shape index (κ1) is 30.2. The van der Waals surface area contributed by atoms with E-state index in [4.69, 9.17) is 21.1 Å². The smallest absolute Gasteiger partial charge is 0.294 e. The van der Waals surface area contributed by atoms with Gasteiger partial charge >= 0.3 is 0 Å². The zero-order valence-electron chi connectivity index (χ0n) is 22.0. The number of hydrogen-bond donors (Lipinski definition) is 2. The van der Waals surface area contributed by atoms with E-state index in [-0.39, 0.29) is 17.4 Å². The van der Waals surface area contributed by atoms with Gasteiger partial charge < -0.3 is 20.1 Å². The van der Waals surface area contributed by atoms with Gasteiger partial charge in [0.1, 0.15) is 6.54 Å². The molecule has 4 rings (SSSR count). The van der Waals surface area contributed by atoms with Crippen LogP contribution >= 0.6 is 39.3 Å². The molecule has 0 unspecified atom stereocenters. The third kappa shape index (κ3) is 7.90. The van der Waals surface area contributed by atoms with Crippen LogP contribution in [0.1, 0.15) is 18.1 Å². The maximum atomic E-state index is 13.0. The molecule has 0 radical (unpaired) electrons.